The van der Waals surface area contributed by atoms with Crippen molar-refractivity contribution in [2.75, 3.05) is 6.54 Å². The highest BCUT2D eigenvalue weighted by Gasteiger charge is 2.27. The van der Waals surface area contributed by atoms with Crippen LogP contribution in [0.5, 0.6) is 0 Å². The molecule has 0 saturated carbocycles. The van der Waals surface area contributed by atoms with Crippen molar-refractivity contribution in [1.29, 1.82) is 0 Å². The highest BCUT2D eigenvalue weighted by Crippen LogP contribution is 2.13. The minimum Gasteiger partial charge on any atom is -0.393 e. The van der Waals surface area contributed by atoms with E-state index in [0.717, 1.165) is 6.42 Å². The number of amides is 2. The van der Waals surface area contributed by atoms with E-state index >= 15 is 0 Å². The van der Waals surface area contributed by atoms with Crippen LogP contribution in [-0.2, 0) is 9.59 Å². The number of carbonyl (C=O) groups excluding carboxylic acids is 2. The predicted molar refractivity (Wildman–Crippen MR) is 51.5 cm³/mol. The number of imide groups is 1. The molecule has 0 aromatic rings. The maximum absolute atomic E-state index is 11.2. The van der Waals surface area contributed by atoms with E-state index < -0.39 is 0 Å². The summed E-state index contributed by atoms with van der Waals surface area (Å²) in [6.07, 6.45) is 2.49. The molecule has 1 rings (SSSR count). The molecule has 1 fully saturated rings. The van der Waals surface area contributed by atoms with Crippen molar-refractivity contribution in [3.63, 3.8) is 0 Å². The summed E-state index contributed by atoms with van der Waals surface area (Å²) in [4.78, 5) is 23.7. The molecule has 0 radical (unpaired) electrons. The molecule has 80 valence electrons. The molecule has 0 spiro atoms. The summed E-state index contributed by atoms with van der Waals surface area (Å²) in [6, 6.07) is 0. The smallest absolute Gasteiger partial charge is 0.229 e. The minimum absolute atomic E-state index is 0.0685. The van der Waals surface area contributed by atoms with Crippen molar-refractivity contribution < 1.29 is 14.7 Å². The first kappa shape index (κ1) is 11.2. The Bertz CT molecular complexity index is 211. The van der Waals surface area contributed by atoms with Gasteiger partial charge in [0.25, 0.3) is 0 Å². The Morgan fingerprint density at radius 1 is 1.36 bits per heavy atom. The Morgan fingerprint density at radius 3 is 2.43 bits per heavy atom. The third kappa shape index (κ3) is 2.80. The largest absolute Gasteiger partial charge is 0.393 e. The van der Waals surface area contributed by atoms with E-state index in [-0.39, 0.29) is 17.9 Å². The summed E-state index contributed by atoms with van der Waals surface area (Å²) in [6.45, 7) is 2.38. The van der Waals surface area contributed by atoms with Crippen LogP contribution < -0.4 is 0 Å². The van der Waals surface area contributed by atoms with Crippen LogP contribution in [0.3, 0.4) is 0 Å². The first-order chi connectivity index (χ1) is 6.65. The molecule has 1 aliphatic rings. The third-order valence-corrected chi connectivity index (χ3v) is 2.55. The van der Waals surface area contributed by atoms with E-state index in [1.54, 1.807) is 0 Å². The van der Waals surface area contributed by atoms with Crippen LogP contribution >= 0.6 is 0 Å². The van der Waals surface area contributed by atoms with E-state index in [1.807, 2.05) is 6.92 Å². The lowest BCUT2D eigenvalue weighted by molar-refractivity contribution is -0.138. The maximum Gasteiger partial charge on any atom is 0.229 e. The molecule has 1 aliphatic heterocycles. The Hall–Kier alpha value is -0.900. The van der Waals surface area contributed by atoms with Crippen LogP contribution in [0.1, 0.15) is 39.0 Å². The van der Waals surface area contributed by atoms with Gasteiger partial charge in [0.1, 0.15) is 0 Å². The van der Waals surface area contributed by atoms with Gasteiger partial charge in [-0.05, 0) is 19.3 Å². The molecule has 0 aromatic carbocycles. The van der Waals surface area contributed by atoms with Crippen LogP contribution in [0.4, 0.5) is 0 Å². The molecule has 0 aliphatic carbocycles. The minimum atomic E-state index is -0.303. The second-order valence-electron chi connectivity index (χ2n) is 3.64. The number of aliphatic hydroxyl groups is 1. The number of likely N-dealkylation sites (tertiary alicyclic amines) is 1. The van der Waals surface area contributed by atoms with Crippen LogP contribution in [-0.4, -0.2) is 34.5 Å². The molecule has 1 atom stereocenters. The standard InChI is InChI=1S/C10H17NO3/c1-2-8(12)4-3-7-11-9(13)5-6-10(11)14/h8,12H,2-7H2,1H3. The quantitative estimate of drug-likeness (QED) is 0.663. The van der Waals surface area contributed by atoms with E-state index in [4.69, 9.17) is 0 Å². The Balaban J connectivity index is 2.24. The molecule has 1 saturated heterocycles. The monoisotopic (exact) mass is 199 g/mol. The first-order valence-corrected chi connectivity index (χ1v) is 5.16. The molecule has 1 unspecified atom stereocenters. The zero-order valence-electron chi connectivity index (χ0n) is 8.53. The van der Waals surface area contributed by atoms with Gasteiger partial charge in [-0.25, -0.2) is 0 Å². The SMILES string of the molecule is CCC(O)CCCN1C(=O)CCC1=O. The number of carbonyl (C=O) groups is 2. The number of nitrogens with zero attached hydrogens (tertiary/aromatic N) is 1. The van der Waals surface area contributed by atoms with Crippen LogP contribution in [0, 0.1) is 0 Å². The lowest BCUT2D eigenvalue weighted by Gasteiger charge is -2.14. The van der Waals surface area contributed by atoms with Crippen LogP contribution in [0.2, 0.25) is 0 Å². The second-order valence-corrected chi connectivity index (χ2v) is 3.64. The summed E-state index contributed by atoms with van der Waals surface area (Å²) in [5, 5.41) is 9.28. The molecule has 4 heteroatoms. The number of hydrogen-bond acceptors (Lipinski definition) is 3. The molecule has 14 heavy (non-hydrogen) atoms. The van der Waals surface area contributed by atoms with Crippen molar-refractivity contribution in [2.24, 2.45) is 0 Å². The average Bonchev–Trinajstić information content (AvgIpc) is 2.48. The fourth-order valence-corrected chi connectivity index (χ4v) is 1.56. The van der Waals surface area contributed by atoms with Gasteiger partial charge in [-0.2, -0.15) is 0 Å². The number of hydrogen-bond donors (Lipinski definition) is 1. The van der Waals surface area contributed by atoms with Gasteiger partial charge in [-0.3, -0.25) is 14.5 Å². The zero-order chi connectivity index (χ0) is 10.6. The van der Waals surface area contributed by atoms with Gasteiger partial charge in [0, 0.05) is 19.4 Å². The molecule has 0 bridgehead atoms. The second kappa shape index (κ2) is 5.10. The summed E-state index contributed by atoms with van der Waals surface area (Å²) >= 11 is 0. The molecule has 0 aromatic heterocycles. The first-order valence-electron chi connectivity index (χ1n) is 5.16. The molecule has 1 N–H and O–H groups in total. The summed E-state index contributed by atoms with van der Waals surface area (Å²) in [7, 11) is 0. The van der Waals surface area contributed by atoms with E-state index in [0.29, 0.717) is 32.2 Å². The Kier molecular flexibility index (Phi) is 4.07. The number of aliphatic hydroxyl groups excluding tert-OH is 1. The van der Waals surface area contributed by atoms with Crippen LogP contribution in [0.25, 0.3) is 0 Å². The maximum atomic E-state index is 11.2. The van der Waals surface area contributed by atoms with E-state index in [2.05, 4.69) is 0 Å². The topological polar surface area (TPSA) is 57.6 Å². The zero-order valence-corrected chi connectivity index (χ0v) is 8.53. The highest BCUT2D eigenvalue weighted by atomic mass is 16.3. The Labute approximate surface area is 83.9 Å². The lowest BCUT2D eigenvalue weighted by atomic mass is 10.1. The van der Waals surface area contributed by atoms with Gasteiger partial charge < -0.3 is 5.11 Å². The van der Waals surface area contributed by atoms with Crippen LogP contribution in [0.15, 0.2) is 0 Å². The third-order valence-electron chi connectivity index (χ3n) is 2.55. The van der Waals surface area contributed by atoms with Crippen molar-refractivity contribution in [2.45, 2.75) is 45.1 Å². The predicted octanol–water partition coefficient (Wildman–Crippen LogP) is 0.686. The average molecular weight is 199 g/mol. The summed E-state index contributed by atoms with van der Waals surface area (Å²) in [5.74, 6) is -0.137. The fraction of sp³-hybridized carbons (Fsp3) is 0.800. The normalized spacial score (nSPS) is 19.1. The number of rotatable bonds is 5. The van der Waals surface area contributed by atoms with Crippen molar-refractivity contribution >= 4 is 11.8 Å². The van der Waals surface area contributed by atoms with E-state index in [9.17, 15) is 14.7 Å². The van der Waals surface area contributed by atoms with Gasteiger partial charge in [-0.1, -0.05) is 6.92 Å². The lowest BCUT2D eigenvalue weighted by Crippen LogP contribution is -2.30. The molecule has 4 nitrogen and oxygen atoms in total. The van der Waals surface area contributed by atoms with Crippen molar-refractivity contribution in [3.05, 3.63) is 0 Å². The van der Waals surface area contributed by atoms with Gasteiger partial charge in [0.15, 0.2) is 0 Å². The summed E-state index contributed by atoms with van der Waals surface area (Å²) < 4.78 is 0. The Morgan fingerprint density at radius 2 is 1.93 bits per heavy atom. The fourth-order valence-electron chi connectivity index (χ4n) is 1.56. The summed E-state index contributed by atoms with van der Waals surface area (Å²) in [5.41, 5.74) is 0. The highest BCUT2D eigenvalue weighted by molar-refractivity contribution is 6.01. The van der Waals surface area contributed by atoms with Gasteiger partial charge >= 0.3 is 0 Å². The molecule has 2 amide bonds. The van der Waals surface area contributed by atoms with Gasteiger partial charge in [0.2, 0.25) is 11.8 Å². The van der Waals surface area contributed by atoms with Gasteiger partial charge in [-0.15, -0.1) is 0 Å². The van der Waals surface area contributed by atoms with Crippen molar-refractivity contribution in [3.8, 4) is 0 Å². The molecule has 1 heterocycles. The van der Waals surface area contributed by atoms with Gasteiger partial charge in [0.05, 0.1) is 6.10 Å². The molecular formula is C10H17NO3. The van der Waals surface area contributed by atoms with E-state index in [1.165, 1.54) is 4.90 Å². The molecular weight excluding hydrogens is 182 g/mol. The van der Waals surface area contributed by atoms with Crippen molar-refractivity contribution in [1.82, 2.24) is 4.90 Å².